The summed E-state index contributed by atoms with van der Waals surface area (Å²) in [5, 5.41) is 79.8. The molecule has 2 fully saturated rings. The minimum atomic E-state index is -2.41. The molecule has 0 aliphatic carbocycles. The van der Waals surface area contributed by atoms with Crippen molar-refractivity contribution >= 4 is 0 Å². The molecular weight excluding hydrogens is 332 g/mol. The molecule has 0 aromatic rings. The van der Waals surface area contributed by atoms with Gasteiger partial charge in [0.1, 0.15) is 48.8 Å². The standard InChI is InChI=1S/C13H23O11/c1-13(21)11(9(19)7(17)5(3-15)24-13)23-12-10(20)8(18)6(16)4(2-14)22-12/h4-12,14-20H,2-3H2,1H3/t4-,5-,6-,7-,8+,9+,10-,11-,12+,13-/m1/s1. The molecule has 0 aromatic carbocycles. The summed E-state index contributed by atoms with van der Waals surface area (Å²) in [4.78, 5) is 0. The number of rotatable bonds is 4. The van der Waals surface area contributed by atoms with Gasteiger partial charge in [-0.15, -0.1) is 0 Å². The van der Waals surface area contributed by atoms with E-state index in [-0.39, 0.29) is 0 Å². The predicted octanol–water partition coefficient (Wildman–Crippen LogP) is -4.57. The van der Waals surface area contributed by atoms with Crippen LogP contribution in [0.25, 0.3) is 0 Å². The molecule has 0 aromatic heterocycles. The average Bonchev–Trinajstić information content (AvgIpc) is 2.54. The van der Waals surface area contributed by atoms with Crippen LogP contribution in [0.1, 0.15) is 6.92 Å². The Bertz CT molecular complexity index is 417. The van der Waals surface area contributed by atoms with Crippen molar-refractivity contribution in [1.29, 1.82) is 0 Å². The molecular formula is C13H23O11. The fraction of sp³-hybridized carbons (Fsp3) is 1.00. The van der Waals surface area contributed by atoms with Gasteiger partial charge in [0.25, 0.3) is 0 Å². The first kappa shape index (κ1) is 19.9. The Kier molecular flexibility index (Phi) is 6.16. The molecule has 2 rings (SSSR count). The number of hydrogen-bond acceptors (Lipinski definition) is 10. The van der Waals surface area contributed by atoms with Crippen molar-refractivity contribution in [3.63, 3.8) is 0 Å². The van der Waals surface area contributed by atoms with Gasteiger partial charge >= 0.3 is 0 Å². The summed E-state index contributed by atoms with van der Waals surface area (Å²) in [7, 11) is 0. The van der Waals surface area contributed by atoms with Crippen LogP contribution in [0.5, 0.6) is 0 Å². The first-order valence-corrected chi connectivity index (χ1v) is 7.45. The normalized spacial score (nSPS) is 53.1. The first-order chi connectivity index (χ1) is 11.1. The van der Waals surface area contributed by atoms with Gasteiger partial charge in [-0.25, -0.2) is 0 Å². The molecule has 0 spiro atoms. The highest BCUT2D eigenvalue weighted by Gasteiger charge is 2.55. The maximum Gasteiger partial charge on any atom is 0.228 e. The van der Waals surface area contributed by atoms with E-state index in [1.54, 1.807) is 0 Å². The molecule has 10 atom stereocenters. The van der Waals surface area contributed by atoms with E-state index in [0.717, 1.165) is 6.92 Å². The summed E-state index contributed by atoms with van der Waals surface area (Å²) in [5.74, 6) is -2.41. The lowest BCUT2D eigenvalue weighted by Crippen LogP contribution is -2.67. The van der Waals surface area contributed by atoms with Crippen LogP contribution in [0.2, 0.25) is 0 Å². The zero-order valence-electron chi connectivity index (χ0n) is 12.9. The maximum atomic E-state index is 12.4. The van der Waals surface area contributed by atoms with Crippen LogP contribution in [0.15, 0.2) is 0 Å². The minimum absolute atomic E-state index is 0.696. The van der Waals surface area contributed by atoms with Crippen molar-refractivity contribution in [3.8, 4) is 0 Å². The number of ether oxygens (including phenoxy) is 3. The van der Waals surface area contributed by atoms with Crippen LogP contribution >= 0.6 is 0 Å². The molecule has 141 valence electrons. The van der Waals surface area contributed by atoms with Gasteiger partial charge in [-0.3, -0.25) is 0 Å². The Hall–Kier alpha value is -0.440. The second-order valence-electron chi connectivity index (χ2n) is 6.09. The van der Waals surface area contributed by atoms with Gasteiger partial charge < -0.3 is 50.0 Å². The van der Waals surface area contributed by atoms with Gasteiger partial charge in [0, 0.05) is 0 Å². The number of aliphatic hydroxyl groups excluding tert-OH is 7. The average molecular weight is 355 g/mol. The highest BCUT2D eigenvalue weighted by atomic mass is 16.7. The zero-order chi connectivity index (χ0) is 18.2. The largest absolute Gasteiger partial charge is 0.394 e. The summed E-state index contributed by atoms with van der Waals surface area (Å²) in [6, 6.07) is 0. The molecule has 7 N–H and O–H groups in total. The molecule has 2 aliphatic rings. The van der Waals surface area contributed by atoms with Gasteiger partial charge in [-0.05, 0) is 6.92 Å². The predicted molar refractivity (Wildman–Crippen MR) is 71.7 cm³/mol. The van der Waals surface area contributed by atoms with Crippen LogP contribution < -0.4 is 0 Å². The molecule has 2 aliphatic heterocycles. The van der Waals surface area contributed by atoms with Gasteiger partial charge in [-0.1, -0.05) is 0 Å². The molecule has 2 heterocycles. The SMILES string of the molecule is C[C@@]1([O])O[C@H](CO)[C@@H](O)[C@H](O)[C@H]1O[C@@H]1O[C@H](CO)[C@@H](O)[C@H](O)[C@H]1O. The third kappa shape index (κ3) is 3.57. The van der Waals surface area contributed by atoms with E-state index in [2.05, 4.69) is 0 Å². The van der Waals surface area contributed by atoms with Crippen molar-refractivity contribution in [2.75, 3.05) is 13.2 Å². The van der Waals surface area contributed by atoms with E-state index in [4.69, 9.17) is 24.4 Å². The molecule has 24 heavy (non-hydrogen) atoms. The van der Waals surface area contributed by atoms with Crippen LogP contribution in [-0.4, -0.2) is 110 Å². The Morgan fingerprint density at radius 1 is 0.875 bits per heavy atom. The minimum Gasteiger partial charge on any atom is -0.394 e. The van der Waals surface area contributed by atoms with Crippen molar-refractivity contribution < 1.29 is 55.1 Å². The summed E-state index contributed by atoms with van der Waals surface area (Å²) >= 11 is 0. The van der Waals surface area contributed by atoms with Crippen molar-refractivity contribution in [2.24, 2.45) is 0 Å². The molecule has 0 bridgehead atoms. The topological polar surface area (TPSA) is 189 Å². The third-order valence-corrected chi connectivity index (χ3v) is 4.25. The van der Waals surface area contributed by atoms with Crippen LogP contribution in [-0.2, 0) is 19.3 Å². The van der Waals surface area contributed by atoms with E-state index in [1.807, 2.05) is 0 Å². The lowest BCUT2D eigenvalue weighted by atomic mass is 9.93. The van der Waals surface area contributed by atoms with E-state index < -0.39 is 74.1 Å². The molecule has 2 saturated heterocycles. The fourth-order valence-electron chi connectivity index (χ4n) is 2.82. The summed E-state index contributed by atoms with van der Waals surface area (Å²) < 4.78 is 15.3. The van der Waals surface area contributed by atoms with Gasteiger partial charge in [0.2, 0.25) is 5.79 Å². The van der Waals surface area contributed by atoms with Gasteiger partial charge in [0.05, 0.1) is 13.2 Å². The number of aliphatic hydroxyl groups is 7. The molecule has 11 nitrogen and oxygen atoms in total. The summed E-state index contributed by atoms with van der Waals surface area (Å²) in [5.41, 5.74) is 0. The van der Waals surface area contributed by atoms with Crippen LogP contribution in [0.3, 0.4) is 0 Å². The van der Waals surface area contributed by atoms with E-state index >= 15 is 0 Å². The molecule has 11 heteroatoms. The smallest absolute Gasteiger partial charge is 0.228 e. The van der Waals surface area contributed by atoms with Crippen molar-refractivity contribution in [1.82, 2.24) is 0 Å². The third-order valence-electron chi connectivity index (χ3n) is 4.25. The van der Waals surface area contributed by atoms with Crippen LogP contribution in [0, 0.1) is 0 Å². The Morgan fingerprint density at radius 3 is 1.96 bits per heavy atom. The van der Waals surface area contributed by atoms with Crippen molar-refractivity contribution in [3.05, 3.63) is 0 Å². The fourth-order valence-corrected chi connectivity index (χ4v) is 2.82. The van der Waals surface area contributed by atoms with Crippen molar-refractivity contribution in [2.45, 2.75) is 67.8 Å². The number of hydrogen-bond donors (Lipinski definition) is 7. The van der Waals surface area contributed by atoms with Gasteiger partial charge in [0.15, 0.2) is 6.29 Å². The second kappa shape index (κ2) is 7.43. The summed E-state index contributed by atoms with van der Waals surface area (Å²) in [6.07, 6.45) is -14.5. The highest BCUT2D eigenvalue weighted by Crippen LogP contribution is 2.33. The van der Waals surface area contributed by atoms with Crippen LogP contribution in [0.4, 0.5) is 0 Å². The Labute approximate surface area is 137 Å². The molecule has 0 unspecified atom stereocenters. The molecule has 0 amide bonds. The van der Waals surface area contributed by atoms with Gasteiger partial charge in [-0.2, -0.15) is 5.11 Å². The lowest BCUT2D eigenvalue weighted by molar-refractivity contribution is -0.403. The molecule has 0 saturated carbocycles. The molecule has 1 radical (unpaired) electrons. The van der Waals surface area contributed by atoms with E-state index in [9.17, 15) is 30.6 Å². The first-order valence-electron chi connectivity index (χ1n) is 7.45. The Morgan fingerprint density at radius 2 is 1.42 bits per heavy atom. The lowest BCUT2D eigenvalue weighted by Gasteiger charge is -2.47. The maximum absolute atomic E-state index is 12.4. The quantitative estimate of drug-likeness (QED) is 0.258. The second-order valence-corrected chi connectivity index (χ2v) is 6.09. The zero-order valence-corrected chi connectivity index (χ0v) is 12.9. The van der Waals surface area contributed by atoms with E-state index in [0.29, 0.717) is 0 Å². The van der Waals surface area contributed by atoms with E-state index in [1.165, 1.54) is 0 Å². The highest BCUT2D eigenvalue weighted by molar-refractivity contribution is 4.97. The summed E-state index contributed by atoms with van der Waals surface area (Å²) in [6.45, 7) is -0.402. The monoisotopic (exact) mass is 355 g/mol. The Balaban J connectivity index is 2.16.